The molecule has 2 amide bonds. The van der Waals surface area contributed by atoms with Crippen molar-refractivity contribution in [2.45, 2.75) is 6.04 Å². The minimum absolute atomic E-state index is 0.125. The summed E-state index contributed by atoms with van der Waals surface area (Å²) in [6.45, 7) is 1.15. The van der Waals surface area contributed by atoms with Crippen LogP contribution in [0.25, 0.3) is 11.3 Å². The van der Waals surface area contributed by atoms with E-state index >= 15 is 0 Å². The van der Waals surface area contributed by atoms with Gasteiger partial charge in [0.05, 0.1) is 22.3 Å². The van der Waals surface area contributed by atoms with E-state index in [2.05, 4.69) is 15.6 Å². The number of likely N-dealkylation sites (tertiary alicyclic amines) is 1. The van der Waals surface area contributed by atoms with Gasteiger partial charge in [0.1, 0.15) is 5.69 Å². The van der Waals surface area contributed by atoms with Crippen molar-refractivity contribution >= 4 is 34.9 Å². The average molecular weight is 388 g/mol. The maximum atomic E-state index is 12.3. The molecule has 1 fully saturated rings. The van der Waals surface area contributed by atoms with Crippen molar-refractivity contribution in [3.05, 3.63) is 64.8 Å². The molecule has 6 nitrogen and oxygen atoms in total. The SMILES string of the molecule is O=C(Nc1ccc(Cl)c(Cl)c1)N1CC(n2cc(-c3ccccc3)nn2)C1. The summed E-state index contributed by atoms with van der Waals surface area (Å²) in [5.74, 6) is 0. The van der Waals surface area contributed by atoms with E-state index in [1.54, 1.807) is 23.1 Å². The van der Waals surface area contributed by atoms with E-state index in [4.69, 9.17) is 23.2 Å². The van der Waals surface area contributed by atoms with E-state index in [0.717, 1.165) is 11.3 Å². The normalized spacial score (nSPS) is 14.2. The van der Waals surface area contributed by atoms with Crippen LogP contribution in [0, 0.1) is 0 Å². The van der Waals surface area contributed by atoms with Crippen molar-refractivity contribution in [1.29, 1.82) is 0 Å². The van der Waals surface area contributed by atoms with Gasteiger partial charge in [0.2, 0.25) is 0 Å². The summed E-state index contributed by atoms with van der Waals surface area (Å²) in [6.07, 6.45) is 1.91. The predicted octanol–water partition coefficient (Wildman–Crippen LogP) is 4.34. The van der Waals surface area contributed by atoms with Crippen LogP contribution in [0.4, 0.5) is 10.5 Å². The molecule has 2 heterocycles. The first-order chi connectivity index (χ1) is 12.6. The van der Waals surface area contributed by atoms with Crippen LogP contribution in [-0.4, -0.2) is 39.0 Å². The third-order valence-electron chi connectivity index (χ3n) is 4.27. The summed E-state index contributed by atoms with van der Waals surface area (Å²) in [4.78, 5) is 14.0. The number of aromatic nitrogens is 3. The van der Waals surface area contributed by atoms with Crippen molar-refractivity contribution in [2.75, 3.05) is 18.4 Å². The molecule has 0 radical (unpaired) electrons. The zero-order valence-electron chi connectivity index (χ0n) is 13.6. The average Bonchev–Trinajstić information content (AvgIpc) is 3.07. The minimum Gasteiger partial charge on any atom is -0.320 e. The van der Waals surface area contributed by atoms with Crippen molar-refractivity contribution in [2.24, 2.45) is 0 Å². The van der Waals surface area contributed by atoms with Crippen LogP contribution >= 0.6 is 23.2 Å². The molecule has 8 heteroatoms. The second-order valence-corrected chi connectivity index (χ2v) is 6.88. The molecule has 26 heavy (non-hydrogen) atoms. The Morgan fingerprint density at radius 2 is 1.85 bits per heavy atom. The van der Waals surface area contributed by atoms with Crippen LogP contribution in [0.15, 0.2) is 54.7 Å². The van der Waals surface area contributed by atoms with E-state index in [-0.39, 0.29) is 12.1 Å². The highest BCUT2D eigenvalue weighted by molar-refractivity contribution is 6.42. The van der Waals surface area contributed by atoms with Gasteiger partial charge < -0.3 is 10.2 Å². The van der Waals surface area contributed by atoms with Gasteiger partial charge >= 0.3 is 6.03 Å². The Bertz CT molecular complexity index is 938. The summed E-state index contributed by atoms with van der Waals surface area (Å²) in [6, 6.07) is 14.8. The zero-order valence-corrected chi connectivity index (χ0v) is 15.2. The number of carbonyl (C=O) groups is 1. The summed E-state index contributed by atoms with van der Waals surface area (Å²) >= 11 is 11.8. The number of hydrogen-bond donors (Lipinski definition) is 1. The Morgan fingerprint density at radius 3 is 2.58 bits per heavy atom. The number of nitrogens with zero attached hydrogens (tertiary/aromatic N) is 4. The number of hydrogen-bond acceptors (Lipinski definition) is 3. The van der Waals surface area contributed by atoms with Gasteiger partial charge in [0.15, 0.2) is 0 Å². The molecule has 1 saturated heterocycles. The highest BCUT2D eigenvalue weighted by atomic mass is 35.5. The molecule has 0 saturated carbocycles. The van der Waals surface area contributed by atoms with Crippen molar-refractivity contribution in [3.8, 4) is 11.3 Å². The number of amides is 2. The lowest BCUT2D eigenvalue weighted by Gasteiger charge is -2.38. The zero-order chi connectivity index (χ0) is 18.1. The quantitative estimate of drug-likeness (QED) is 0.726. The Balaban J connectivity index is 1.36. The Labute approximate surface area is 160 Å². The molecule has 1 aliphatic rings. The lowest BCUT2D eigenvalue weighted by atomic mass is 10.1. The molecule has 3 aromatic rings. The molecule has 2 aromatic carbocycles. The summed E-state index contributed by atoms with van der Waals surface area (Å²) in [5.41, 5.74) is 2.46. The number of anilines is 1. The fourth-order valence-electron chi connectivity index (χ4n) is 2.76. The number of rotatable bonds is 3. The van der Waals surface area contributed by atoms with Crippen molar-refractivity contribution in [3.63, 3.8) is 0 Å². The van der Waals surface area contributed by atoms with Crippen molar-refractivity contribution < 1.29 is 4.79 Å². The second kappa shape index (κ2) is 6.97. The van der Waals surface area contributed by atoms with E-state index in [9.17, 15) is 4.79 Å². The molecule has 0 aliphatic carbocycles. The highest BCUT2D eigenvalue weighted by Gasteiger charge is 2.33. The Kier molecular flexibility index (Phi) is 4.53. The van der Waals surface area contributed by atoms with Gasteiger partial charge in [-0.25, -0.2) is 9.48 Å². The summed E-state index contributed by atoms with van der Waals surface area (Å²) in [7, 11) is 0. The highest BCUT2D eigenvalue weighted by Crippen LogP contribution is 2.27. The van der Waals surface area contributed by atoms with Crippen LogP contribution in [-0.2, 0) is 0 Å². The molecule has 4 rings (SSSR count). The molecular weight excluding hydrogens is 373 g/mol. The van der Waals surface area contributed by atoms with E-state index in [1.165, 1.54) is 0 Å². The molecule has 1 N–H and O–H groups in total. The third kappa shape index (κ3) is 3.38. The number of benzene rings is 2. The molecule has 0 atom stereocenters. The lowest BCUT2D eigenvalue weighted by molar-refractivity contribution is 0.127. The minimum atomic E-state index is -0.178. The maximum Gasteiger partial charge on any atom is 0.321 e. The monoisotopic (exact) mass is 387 g/mol. The fraction of sp³-hybridized carbons (Fsp3) is 0.167. The van der Waals surface area contributed by atoms with E-state index < -0.39 is 0 Å². The number of carbonyl (C=O) groups excluding carboxylic acids is 1. The molecule has 0 unspecified atom stereocenters. The van der Waals surface area contributed by atoms with E-state index in [0.29, 0.717) is 28.8 Å². The van der Waals surface area contributed by atoms with Crippen molar-refractivity contribution in [1.82, 2.24) is 19.9 Å². The standard InChI is InChI=1S/C18H15Cl2N5O/c19-15-7-6-13(8-16(15)20)21-18(26)24-9-14(10-24)25-11-17(22-23-25)12-4-2-1-3-5-12/h1-8,11,14H,9-10H2,(H,21,26). The molecule has 1 aliphatic heterocycles. The largest absolute Gasteiger partial charge is 0.321 e. The molecule has 0 bridgehead atoms. The van der Waals surface area contributed by atoms with Crippen LogP contribution in [0.1, 0.15) is 6.04 Å². The van der Waals surface area contributed by atoms with Gasteiger partial charge in [-0.15, -0.1) is 5.10 Å². The maximum absolute atomic E-state index is 12.3. The molecule has 0 spiro atoms. The summed E-state index contributed by atoms with van der Waals surface area (Å²) < 4.78 is 1.81. The lowest BCUT2D eigenvalue weighted by Crippen LogP contribution is -2.52. The van der Waals surface area contributed by atoms with Crippen LogP contribution in [0.5, 0.6) is 0 Å². The fourth-order valence-corrected chi connectivity index (χ4v) is 3.06. The van der Waals surface area contributed by atoms with Crippen LogP contribution in [0.2, 0.25) is 10.0 Å². The first-order valence-corrected chi connectivity index (χ1v) is 8.84. The first-order valence-electron chi connectivity index (χ1n) is 8.08. The smallest absolute Gasteiger partial charge is 0.320 e. The number of halogens is 2. The number of nitrogens with one attached hydrogen (secondary N) is 1. The van der Waals surface area contributed by atoms with Crippen LogP contribution in [0.3, 0.4) is 0 Å². The van der Waals surface area contributed by atoms with Gasteiger partial charge in [-0.05, 0) is 18.2 Å². The summed E-state index contributed by atoms with van der Waals surface area (Å²) in [5, 5.41) is 12.1. The molecular formula is C18H15Cl2N5O. The Morgan fingerprint density at radius 1 is 1.08 bits per heavy atom. The molecule has 132 valence electrons. The predicted molar refractivity (Wildman–Crippen MR) is 102 cm³/mol. The van der Waals surface area contributed by atoms with Gasteiger partial charge in [-0.1, -0.05) is 58.7 Å². The van der Waals surface area contributed by atoms with Gasteiger partial charge in [-0.3, -0.25) is 0 Å². The topological polar surface area (TPSA) is 63.1 Å². The van der Waals surface area contributed by atoms with Gasteiger partial charge in [0, 0.05) is 24.3 Å². The van der Waals surface area contributed by atoms with Gasteiger partial charge in [0.25, 0.3) is 0 Å². The van der Waals surface area contributed by atoms with Crippen LogP contribution < -0.4 is 5.32 Å². The Hall–Kier alpha value is -2.57. The number of urea groups is 1. The second-order valence-electron chi connectivity index (χ2n) is 6.07. The van der Waals surface area contributed by atoms with E-state index in [1.807, 2.05) is 41.2 Å². The first kappa shape index (κ1) is 16.9. The third-order valence-corrected chi connectivity index (χ3v) is 5.01. The molecule has 1 aromatic heterocycles. The van der Waals surface area contributed by atoms with Gasteiger partial charge in [-0.2, -0.15) is 0 Å².